The van der Waals surface area contributed by atoms with E-state index in [4.69, 9.17) is 18.0 Å². The highest BCUT2D eigenvalue weighted by Crippen LogP contribution is 2.31. The normalized spacial score (nSPS) is 11.1. The zero-order valence-corrected chi connectivity index (χ0v) is 14.1. The van der Waals surface area contributed by atoms with E-state index in [0.29, 0.717) is 16.9 Å². The predicted octanol–water partition coefficient (Wildman–Crippen LogP) is 3.91. The van der Waals surface area contributed by atoms with Gasteiger partial charge in [-0.05, 0) is 38.2 Å². The molecule has 106 valence electrons. The molecule has 19 heavy (non-hydrogen) atoms. The van der Waals surface area contributed by atoms with Gasteiger partial charge in [-0.3, -0.25) is 0 Å². The molecular formula is C15H24N2S2. The highest BCUT2D eigenvalue weighted by Gasteiger charge is 2.19. The van der Waals surface area contributed by atoms with Crippen LogP contribution in [-0.4, -0.2) is 23.8 Å². The number of nitrogens with two attached hydrogens (primary N) is 1. The van der Waals surface area contributed by atoms with Gasteiger partial charge >= 0.3 is 0 Å². The van der Waals surface area contributed by atoms with Crippen LogP contribution in [0.25, 0.3) is 0 Å². The predicted molar refractivity (Wildman–Crippen MR) is 91.4 cm³/mol. The summed E-state index contributed by atoms with van der Waals surface area (Å²) in [6.45, 7) is 9.88. The van der Waals surface area contributed by atoms with Crippen LogP contribution in [0.1, 0.15) is 33.3 Å². The van der Waals surface area contributed by atoms with Crippen molar-refractivity contribution in [1.29, 1.82) is 0 Å². The van der Waals surface area contributed by atoms with Gasteiger partial charge in [-0.2, -0.15) is 0 Å². The molecule has 0 fully saturated rings. The fraction of sp³-hybridized carbons (Fsp3) is 0.533. The molecule has 0 radical (unpaired) electrons. The lowest BCUT2D eigenvalue weighted by Gasteiger charge is -2.33. The topological polar surface area (TPSA) is 29.3 Å². The maximum absolute atomic E-state index is 5.95. The Morgan fingerprint density at radius 1 is 1.32 bits per heavy atom. The second-order valence-corrected chi connectivity index (χ2v) is 6.65. The summed E-state index contributed by atoms with van der Waals surface area (Å²) in [4.78, 5) is 4.02. The van der Waals surface area contributed by atoms with E-state index in [1.807, 2.05) is 0 Å². The lowest BCUT2D eigenvalue weighted by Crippen LogP contribution is -2.35. The van der Waals surface area contributed by atoms with Crippen LogP contribution < -0.4 is 10.6 Å². The summed E-state index contributed by atoms with van der Waals surface area (Å²) in [5.41, 5.74) is 8.12. The molecule has 0 saturated carbocycles. The zero-order valence-electron chi connectivity index (χ0n) is 12.4. The van der Waals surface area contributed by atoms with Gasteiger partial charge in [-0.1, -0.05) is 32.1 Å². The molecule has 4 heteroatoms. The summed E-state index contributed by atoms with van der Waals surface area (Å²) in [6.07, 6.45) is 2.06. The van der Waals surface area contributed by atoms with Crippen LogP contribution in [-0.2, 0) is 0 Å². The van der Waals surface area contributed by atoms with Gasteiger partial charge in [0.2, 0.25) is 0 Å². The van der Waals surface area contributed by atoms with Gasteiger partial charge in [0.1, 0.15) is 4.99 Å². The first kappa shape index (κ1) is 16.3. The highest BCUT2D eigenvalue weighted by atomic mass is 32.2. The smallest absolute Gasteiger partial charge is 0.107 e. The van der Waals surface area contributed by atoms with Crippen LogP contribution in [0.15, 0.2) is 23.1 Å². The van der Waals surface area contributed by atoms with Crippen LogP contribution in [0, 0.1) is 5.92 Å². The summed E-state index contributed by atoms with van der Waals surface area (Å²) in [7, 11) is 0. The first-order valence-corrected chi connectivity index (χ1v) is 8.25. The molecule has 0 heterocycles. The van der Waals surface area contributed by atoms with Gasteiger partial charge in [-0.25, -0.2) is 0 Å². The van der Waals surface area contributed by atoms with Crippen molar-refractivity contribution >= 4 is 34.7 Å². The molecule has 0 unspecified atom stereocenters. The van der Waals surface area contributed by atoms with Gasteiger partial charge in [0.25, 0.3) is 0 Å². The zero-order chi connectivity index (χ0) is 14.6. The third kappa shape index (κ3) is 4.11. The first-order valence-electron chi connectivity index (χ1n) is 6.61. The third-order valence-electron chi connectivity index (χ3n) is 2.97. The second-order valence-electron chi connectivity index (χ2n) is 5.36. The molecule has 1 rings (SSSR count). The minimum atomic E-state index is 0.424. The van der Waals surface area contributed by atoms with Gasteiger partial charge in [0.05, 0.1) is 0 Å². The van der Waals surface area contributed by atoms with Crippen molar-refractivity contribution in [2.75, 3.05) is 17.7 Å². The largest absolute Gasteiger partial charge is 0.389 e. The fourth-order valence-electron chi connectivity index (χ4n) is 2.16. The Balaban J connectivity index is 3.33. The fourth-order valence-corrected chi connectivity index (χ4v) is 3.07. The molecule has 2 N–H and O–H groups in total. The number of hydrogen-bond donors (Lipinski definition) is 1. The van der Waals surface area contributed by atoms with Crippen LogP contribution in [0.2, 0.25) is 0 Å². The number of rotatable bonds is 6. The van der Waals surface area contributed by atoms with Crippen molar-refractivity contribution < 1.29 is 0 Å². The Bertz CT molecular complexity index is 442. The average molecular weight is 297 g/mol. The average Bonchev–Trinajstić information content (AvgIpc) is 2.34. The maximum Gasteiger partial charge on any atom is 0.107 e. The van der Waals surface area contributed by atoms with E-state index in [0.717, 1.165) is 22.7 Å². The number of thiocarbonyl (C=S) groups is 1. The summed E-state index contributed by atoms with van der Waals surface area (Å²) in [5.74, 6) is 0.597. The molecule has 0 aromatic heterocycles. The Kier molecular flexibility index (Phi) is 6.14. The molecule has 0 aliphatic carbocycles. The molecule has 2 nitrogen and oxygen atoms in total. The van der Waals surface area contributed by atoms with E-state index in [2.05, 4.69) is 57.0 Å². The standard InChI is InChI=1S/C15H24N2S2/c1-10(2)9-17(11(3)4)12-7-6-8-13(19-5)14(12)15(16)18/h6-8,10-11H,9H2,1-5H3,(H2,16,18). The molecule has 0 saturated heterocycles. The molecule has 0 atom stereocenters. The SMILES string of the molecule is CSc1cccc(N(CC(C)C)C(C)C)c1C(N)=S. The summed E-state index contributed by atoms with van der Waals surface area (Å²) in [6, 6.07) is 6.71. The summed E-state index contributed by atoms with van der Waals surface area (Å²) < 4.78 is 0. The minimum absolute atomic E-state index is 0.424. The van der Waals surface area contributed by atoms with Gasteiger partial charge in [-0.15, -0.1) is 11.8 Å². The van der Waals surface area contributed by atoms with Crippen molar-refractivity contribution in [2.45, 2.75) is 38.6 Å². The van der Waals surface area contributed by atoms with Crippen molar-refractivity contribution in [1.82, 2.24) is 0 Å². The van der Waals surface area contributed by atoms with E-state index in [1.165, 1.54) is 0 Å². The highest BCUT2D eigenvalue weighted by molar-refractivity contribution is 7.98. The molecule has 0 spiro atoms. The van der Waals surface area contributed by atoms with E-state index in [1.54, 1.807) is 11.8 Å². The number of nitrogens with zero attached hydrogens (tertiary/aromatic N) is 1. The molecule has 1 aromatic carbocycles. The number of anilines is 1. The van der Waals surface area contributed by atoms with Crippen LogP contribution >= 0.6 is 24.0 Å². The van der Waals surface area contributed by atoms with Crippen molar-refractivity contribution in [3.63, 3.8) is 0 Å². The van der Waals surface area contributed by atoms with Crippen LogP contribution in [0.4, 0.5) is 5.69 Å². The van der Waals surface area contributed by atoms with Gasteiger partial charge in [0.15, 0.2) is 0 Å². The quantitative estimate of drug-likeness (QED) is 0.636. The number of thioether (sulfide) groups is 1. The molecular weight excluding hydrogens is 272 g/mol. The summed E-state index contributed by atoms with van der Waals surface area (Å²) in [5, 5.41) is 0. The monoisotopic (exact) mass is 296 g/mol. The Morgan fingerprint density at radius 2 is 1.95 bits per heavy atom. The third-order valence-corrected chi connectivity index (χ3v) is 3.95. The van der Waals surface area contributed by atoms with E-state index < -0.39 is 0 Å². The van der Waals surface area contributed by atoms with Crippen LogP contribution in [0.3, 0.4) is 0 Å². The van der Waals surface area contributed by atoms with Crippen molar-refractivity contribution in [2.24, 2.45) is 11.7 Å². The number of hydrogen-bond acceptors (Lipinski definition) is 3. The molecule has 0 aliphatic heterocycles. The lowest BCUT2D eigenvalue weighted by molar-refractivity contribution is 0.570. The first-order chi connectivity index (χ1) is 8.88. The summed E-state index contributed by atoms with van der Waals surface area (Å²) >= 11 is 6.95. The molecule has 0 aliphatic rings. The Labute approximate surface area is 126 Å². The van der Waals surface area contributed by atoms with Crippen LogP contribution in [0.5, 0.6) is 0 Å². The molecule has 0 bridgehead atoms. The molecule has 0 amide bonds. The van der Waals surface area contributed by atoms with Gasteiger partial charge in [0, 0.05) is 28.7 Å². The maximum atomic E-state index is 5.95. The Hall–Kier alpha value is -0.740. The van der Waals surface area contributed by atoms with Crippen molar-refractivity contribution in [3.05, 3.63) is 23.8 Å². The lowest BCUT2D eigenvalue weighted by atomic mass is 10.1. The van der Waals surface area contributed by atoms with E-state index in [9.17, 15) is 0 Å². The van der Waals surface area contributed by atoms with E-state index >= 15 is 0 Å². The minimum Gasteiger partial charge on any atom is -0.389 e. The second kappa shape index (κ2) is 7.15. The van der Waals surface area contributed by atoms with E-state index in [-0.39, 0.29) is 0 Å². The Morgan fingerprint density at radius 3 is 2.37 bits per heavy atom. The van der Waals surface area contributed by atoms with Gasteiger partial charge < -0.3 is 10.6 Å². The number of benzene rings is 1. The van der Waals surface area contributed by atoms with Crippen molar-refractivity contribution in [3.8, 4) is 0 Å². The molecule has 1 aromatic rings.